The van der Waals surface area contributed by atoms with E-state index in [9.17, 15) is 4.79 Å². The lowest BCUT2D eigenvalue weighted by atomic mass is 9.93. The number of rotatable bonds is 2. The SMILES string of the molecule is CC(=O)N1CCC[C@H](c2cccc(-c3ccccc3C)n2)C1. The molecule has 0 N–H and O–H groups in total. The van der Waals surface area contributed by atoms with Crippen molar-refractivity contribution in [1.82, 2.24) is 9.88 Å². The number of aryl methyl sites for hydroxylation is 1. The Hall–Kier alpha value is -2.16. The highest BCUT2D eigenvalue weighted by atomic mass is 16.2. The maximum atomic E-state index is 11.6. The Bertz CT molecular complexity index is 681. The first-order valence-electron chi connectivity index (χ1n) is 7.93. The van der Waals surface area contributed by atoms with Crippen LogP contribution in [0.5, 0.6) is 0 Å². The molecule has 3 nitrogen and oxygen atoms in total. The van der Waals surface area contributed by atoms with Gasteiger partial charge in [0.15, 0.2) is 0 Å². The van der Waals surface area contributed by atoms with Crippen LogP contribution in [-0.4, -0.2) is 28.9 Å². The van der Waals surface area contributed by atoms with Crippen molar-refractivity contribution in [2.24, 2.45) is 0 Å². The van der Waals surface area contributed by atoms with Gasteiger partial charge in [-0.05, 0) is 37.5 Å². The molecule has 0 bridgehead atoms. The van der Waals surface area contributed by atoms with E-state index in [4.69, 9.17) is 4.98 Å². The van der Waals surface area contributed by atoms with E-state index in [0.717, 1.165) is 37.3 Å². The molecule has 1 fully saturated rings. The minimum Gasteiger partial charge on any atom is -0.342 e. The van der Waals surface area contributed by atoms with Gasteiger partial charge >= 0.3 is 0 Å². The Morgan fingerprint density at radius 3 is 2.77 bits per heavy atom. The number of amides is 1. The Labute approximate surface area is 132 Å². The monoisotopic (exact) mass is 294 g/mol. The molecule has 2 aromatic rings. The summed E-state index contributed by atoms with van der Waals surface area (Å²) in [5.74, 6) is 0.515. The summed E-state index contributed by atoms with van der Waals surface area (Å²) >= 11 is 0. The molecule has 0 radical (unpaired) electrons. The lowest BCUT2D eigenvalue weighted by Gasteiger charge is -2.31. The van der Waals surface area contributed by atoms with E-state index in [1.165, 1.54) is 11.1 Å². The number of pyridine rings is 1. The van der Waals surface area contributed by atoms with Crippen molar-refractivity contribution < 1.29 is 4.79 Å². The number of benzene rings is 1. The van der Waals surface area contributed by atoms with Crippen molar-refractivity contribution in [1.29, 1.82) is 0 Å². The minimum atomic E-state index is 0.166. The number of aromatic nitrogens is 1. The second-order valence-corrected chi connectivity index (χ2v) is 6.07. The summed E-state index contributed by atoms with van der Waals surface area (Å²) in [4.78, 5) is 18.4. The van der Waals surface area contributed by atoms with Crippen LogP contribution in [0, 0.1) is 6.92 Å². The van der Waals surface area contributed by atoms with Crippen molar-refractivity contribution in [2.45, 2.75) is 32.6 Å². The normalized spacial score (nSPS) is 18.3. The van der Waals surface area contributed by atoms with Gasteiger partial charge in [-0.1, -0.05) is 30.3 Å². The van der Waals surface area contributed by atoms with Gasteiger partial charge in [0.05, 0.1) is 5.69 Å². The lowest BCUT2D eigenvalue weighted by Crippen LogP contribution is -2.37. The van der Waals surface area contributed by atoms with E-state index < -0.39 is 0 Å². The van der Waals surface area contributed by atoms with Crippen molar-refractivity contribution in [2.75, 3.05) is 13.1 Å². The average molecular weight is 294 g/mol. The molecule has 0 saturated carbocycles. The Morgan fingerprint density at radius 2 is 2.00 bits per heavy atom. The van der Waals surface area contributed by atoms with Gasteiger partial charge in [-0.25, -0.2) is 0 Å². The van der Waals surface area contributed by atoms with Crippen LogP contribution in [0.25, 0.3) is 11.3 Å². The third kappa shape index (κ3) is 3.03. The zero-order chi connectivity index (χ0) is 15.5. The molecular formula is C19H22N2O. The second kappa shape index (κ2) is 6.30. The number of carbonyl (C=O) groups is 1. The molecule has 1 aliphatic heterocycles. The van der Waals surface area contributed by atoms with Gasteiger partial charge in [0.25, 0.3) is 0 Å². The Balaban J connectivity index is 1.88. The third-order valence-corrected chi connectivity index (χ3v) is 4.48. The smallest absolute Gasteiger partial charge is 0.219 e. The highest BCUT2D eigenvalue weighted by molar-refractivity contribution is 5.73. The van der Waals surface area contributed by atoms with Gasteiger partial charge in [-0.2, -0.15) is 0 Å². The van der Waals surface area contributed by atoms with Gasteiger partial charge in [-0.15, -0.1) is 0 Å². The van der Waals surface area contributed by atoms with Crippen LogP contribution < -0.4 is 0 Å². The maximum absolute atomic E-state index is 11.6. The van der Waals surface area contributed by atoms with Crippen LogP contribution in [0.1, 0.15) is 36.9 Å². The molecule has 1 saturated heterocycles. The summed E-state index contributed by atoms with van der Waals surface area (Å²) in [5, 5.41) is 0. The predicted molar refractivity (Wildman–Crippen MR) is 88.6 cm³/mol. The van der Waals surface area contributed by atoms with E-state index in [2.05, 4.69) is 49.4 Å². The van der Waals surface area contributed by atoms with Crippen LogP contribution >= 0.6 is 0 Å². The Morgan fingerprint density at radius 1 is 1.18 bits per heavy atom. The fourth-order valence-corrected chi connectivity index (χ4v) is 3.19. The molecule has 0 unspecified atom stereocenters. The van der Waals surface area contributed by atoms with E-state index in [0.29, 0.717) is 5.92 Å². The van der Waals surface area contributed by atoms with Crippen molar-refractivity contribution in [3.05, 3.63) is 53.7 Å². The molecule has 1 amide bonds. The molecule has 0 spiro atoms. The molecule has 1 aliphatic rings. The first-order valence-corrected chi connectivity index (χ1v) is 7.93. The zero-order valence-electron chi connectivity index (χ0n) is 13.2. The van der Waals surface area contributed by atoms with Crippen LogP contribution in [-0.2, 0) is 4.79 Å². The molecule has 114 valence electrons. The van der Waals surface area contributed by atoms with Crippen molar-refractivity contribution >= 4 is 5.91 Å². The number of piperidine rings is 1. The van der Waals surface area contributed by atoms with E-state index in [1.54, 1.807) is 6.92 Å². The maximum Gasteiger partial charge on any atom is 0.219 e. The van der Waals surface area contributed by atoms with Crippen molar-refractivity contribution in [3.63, 3.8) is 0 Å². The molecule has 22 heavy (non-hydrogen) atoms. The lowest BCUT2D eigenvalue weighted by molar-refractivity contribution is -0.130. The molecule has 1 aromatic heterocycles. The van der Waals surface area contributed by atoms with Gasteiger partial charge in [0.1, 0.15) is 0 Å². The number of nitrogens with zero attached hydrogens (tertiary/aromatic N) is 2. The molecule has 1 atom stereocenters. The van der Waals surface area contributed by atoms with Gasteiger partial charge in [-0.3, -0.25) is 9.78 Å². The largest absolute Gasteiger partial charge is 0.342 e. The summed E-state index contributed by atoms with van der Waals surface area (Å²) in [6, 6.07) is 14.6. The first kappa shape index (κ1) is 14.8. The fraction of sp³-hybridized carbons (Fsp3) is 0.368. The van der Waals surface area contributed by atoms with Crippen LogP contribution in [0.4, 0.5) is 0 Å². The Kier molecular flexibility index (Phi) is 4.23. The standard InChI is InChI=1S/C19H22N2O/c1-14-7-3-4-9-17(14)19-11-5-10-18(20-19)16-8-6-12-21(13-16)15(2)22/h3-5,7,9-11,16H,6,8,12-13H2,1-2H3/t16-/m0/s1. The molecule has 3 rings (SSSR count). The minimum absolute atomic E-state index is 0.166. The molecule has 1 aromatic carbocycles. The highest BCUT2D eigenvalue weighted by Crippen LogP contribution is 2.28. The highest BCUT2D eigenvalue weighted by Gasteiger charge is 2.24. The zero-order valence-corrected chi connectivity index (χ0v) is 13.2. The first-order chi connectivity index (χ1) is 10.6. The predicted octanol–water partition coefficient (Wildman–Crippen LogP) is 3.78. The van der Waals surface area contributed by atoms with E-state index in [-0.39, 0.29) is 5.91 Å². The van der Waals surface area contributed by atoms with Crippen LogP contribution in [0.2, 0.25) is 0 Å². The van der Waals surface area contributed by atoms with Crippen LogP contribution in [0.3, 0.4) is 0 Å². The summed E-state index contributed by atoms with van der Waals surface area (Å²) in [6.45, 7) is 5.43. The van der Waals surface area contributed by atoms with Gasteiger partial charge in [0.2, 0.25) is 5.91 Å². The summed E-state index contributed by atoms with van der Waals surface area (Å²) in [7, 11) is 0. The molecule has 3 heteroatoms. The molecule has 0 aliphatic carbocycles. The van der Waals surface area contributed by atoms with Crippen molar-refractivity contribution in [3.8, 4) is 11.3 Å². The molecule has 2 heterocycles. The summed E-state index contributed by atoms with van der Waals surface area (Å²) in [5.41, 5.74) is 4.55. The van der Waals surface area contributed by atoms with E-state index in [1.807, 2.05) is 4.90 Å². The quantitative estimate of drug-likeness (QED) is 0.844. The van der Waals surface area contributed by atoms with E-state index >= 15 is 0 Å². The van der Waals surface area contributed by atoms with Gasteiger partial charge in [0, 0.05) is 37.2 Å². The van der Waals surface area contributed by atoms with Crippen LogP contribution in [0.15, 0.2) is 42.5 Å². The number of carbonyl (C=O) groups excluding carboxylic acids is 1. The fourth-order valence-electron chi connectivity index (χ4n) is 3.19. The number of hydrogen-bond donors (Lipinski definition) is 0. The molecular weight excluding hydrogens is 272 g/mol. The topological polar surface area (TPSA) is 33.2 Å². The third-order valence-electron chi connectivity index (χ3n) is 4.48. The summed E-state index contributed by atoms with van der Waals surface area (Å²) in [6.07, 6.45) is 2.16. The van der Waals surface area contributed by atoms with Gasteiger partial charge < -0.3 is 4.90 Å². The summed E-state index contributed by atoms with van der Waals surface area (Å²) < 4.78 is 0. The second-order valence-electron chi connectivity index (χ2n) is 6.07. The average Bonchev–Trinajstić information content (AvgIpc) is 2.55. The number of hydrogen-bond acceptors (Lipinski definition) is 2. The number of likely N-dealkylation sites (tertiary alicyclic amines) is 1.